The number of alkyl halides is 6. The first-order chi connectivity index (χ1) is 14.5. The predicted molar refractivity (Wildman–Crippen MR) is 102 cm³/mol. The van der Waals surface area contributed by atoms with Crippen LogP contribution in [0.3, 0.4) is 0 Å². The summed E-state index contributed by atoms with van der Waals surface area (Å²) in [5, 5.41) is 0. The lowest BCUT2D eigenvalue weighted by molar-refractivity contribution is -0.143. The largest absolute Gasteiger partial charge is 0.416 e. The van der Waals surface area contributed by atoms with Crippen LogP contribution in [0.4, 0.5) is 26.3 Å². The maximum atomic E-state index is 13.1. The second-order valence-electron chi connectivity index (χ2n) is 6.84. The van der Waals surface area contributed by atoms with Crippen molar-refractivity contribution in [3.8, 4) is 11.3 Å². The molecule has 0 radical (unpaired) electrons. The predicted octanol–water partition coefficient (Wildman–Crippen LogP) is 6.06. The van der Waals surface area contributed by atoms with Crippen LogP contribution < -0.4 is 0 Å². The zero-order valence-electron chi connectivity index (χ0n) is 16.1. The van der Waals surface area contributed by atoms with E-state index in [-0.39, 0.29) is 17.2 Å². The Balaban J connectivity index is 1.94. The average Bonchev–Trinajstić information content (AvgIpc) is 2.72. The van der Waals surface area contributed by atoms with Crippen molar-refractivity contribution in [3.05, 3.63) is 89.1 Å². The molecule has 0 N–H and O–H groups in total. The van der Waals surface area contributed by atoms with E-state index in [0.717, 1.165) is 4.90 Å². The molecule has 0 spiro atoms. The van der Waals surface area contributed by atoms with Crippen molar-refractivity contribution >= 4 is 5.91 Å². The van der Waals surface area contributed by atoms with E-state index in [2.05, 4.69) is 4.98 Å². The number of carbonyl (C=O) groups is 1. The van der Waals surface area contributed by atoms with Crippen LogP contribution >= 0.6 is 0 Å². The van der Waals surface area contributed by atoms with Gasteiger partial charge in [0.25, 0.3) is 5.91 Å². The first kappa shape index (κ1) is 22.3. The minimum atomic E-state index is -4.96. The van der Waals surface area contributed by atoms with Gasteiger partial charge in [-0.05, 0) is 35.9 Å². The van der Waals surface area contributed by atoms with Gasteiger partial charge in [-0.3, -0.25) is 9.78 Å². The number of carbonyl (C=O) groups excluding carboxylic acids is 1. The Morgan fingerprint density at radius 2 is 1.45 bits per heavy atom. The third-order valence-electron chi connectivity index (χ3n) is 4.50. The molecule has 0 saturated carbocycles. The van der Waals surface area contributed by atoms with E-state index in [4.69, 9.17) is 0 Å². The Bertz CT molecular complexity index is 1050. The molecule has 0 saturated heterocycles. The van der Waals surface area contributed by atoms with Crippen LogP contribution in [-0.2, 0) is 18.9 Å². The van der Waals surface area contributed by atoms with E-state index in [1.807, 2.05) is 0 Å². The summed E-state index contributed by atoms with van der Waals surface area (Å²) >= 11 is 0. The first-order valence-electron chi connectivity index (χ1n) is 9.01. The van der Waals surface area contributed by atoms with Gasteiger partial charge in [0.1, 0.15) is 0 Å². The van der Waals surface area contributed by atoms with E-state index in [1.165, 1.54) is 25.4 Å². The number of amides is 1. The van der Waals surface area contributed by atoms with Crippen LogP contribution in [0.5, 0.6) is 0 Å². The molecule has 31 heavy (non-hydrogen) atoms. The van der Waals surface area contributed by atoms with Gasteiger partial charge in [-0.25, -0.2) is 0 Å². The minimum absolute atomic E-state index is 0.0555. The molecule has 0 atom stereocenters. The van der Waals surface area contributed by atoms with Gasteiger partial charge in [0.05, 0.1) is 22.4 Å². The highest BCUT2D eigenvalue weighted by Gasteiger charge is 2.37. The summed E-state index contributed by atoms with van der Waals surface area (Å²) in [4.78, 5) is 18.2. The Kier molecular flexibility index (Phi) is 6.06. The van der Waals surface area contributed by atoms with Crippen LogP contribution in [0.25, 0.3) is 11.3 Å². The van der Waals surface area contributed by atoms with Crippen molar-refractivity contribution in [2.24, 2.45) is 0 Å². The fourth-order valence-electron chi connectivity index (χ4n) is 3.07. The van der Waals surface area contributed by atoms with Crippen molar-refractivity contribution < 1.29 is 31.1 Å². The van der Waals surface area contributed by atoms with Gasteiger partial charge in [0, 0.05) is 25.4 Å². The molecule has 0 unspecified atom stereocenters. The fraction of sp³-hybridized carbons (Fsp3) is 0.182. The molecule has 1 heterocycles. The second-order valence-corrected chi connectivity index (χ2v) is 6.84. The summed E-state index contributed by atoms with van der Waals surface area (Å²) < 4.78 is 78.5. The van der Waals surface area contributed by atoms with Crippen LogP contribution in [0, 0.1) is 0 Å². The minimum Gasteiger partial charge on any atom is -0.337 e. The standard InChI is InChI=1S/C22H16F6N2O/c1-30(13-14-10-16(21(23,24)25)12-17(11-14)22(26,27)28)20(31)18-8-5-9-29-19(18)15-6-3-2-4-7-15/h2-12H,13H2,1H3. The molecular formula is C22H16F6N2O. The van der Waals surface area contributed by atoms with Crippen molar-refractivity contribution in [3.63, 3.8) is 0 Å². The fourth-order valence-corrected chi connectivity index (χ4v) is 3.07. The highest BCUT2D eigenvalue weighted by molar-refractivity contribution is 5.99. The number of rotatable bonds is 4. The van der Waals surface area contributed by atoms with Crippen molar-refractivity contribution in [1.82, 2.24) is 9.88 Å². The maximum Gasteiger partial charge on any atom is 0.416 e. The van der Waals surface area contributed by atoms with E-state index in [9.17, 15) is 31.1 Å². The molecule has 2 aromatic carbocycles. The topological polar surface area (TPSA) is 33.2 Å². The number of benzene rings is 2. The Hall–Kier alpha value is -3.36. The van der Waals surface area contributed by atoms with Crippen LogP contribution in [-0.4, -0.2) is 22.8 Å². The van der Waals surface area contributed by atoms with E-state index in [1.54, 1.807) is 30.3 Å². The number of hydrogen-bond donors (Lipinski definition) is 0. The highest BCUT2D eigenvalue weighted by Crippen LogP contribution is 2.36. The third-order valence-corrected chi connectivity index (χ3v) is 4.50. The molecule has 3 nitrogen and oxygen atoms in total. The lowest BCUT2D eigenvalue weighted by Crippen LogP contribution is -2.27. The molecule has 1 amide bonds. The summed E-state index contributed by atoms with van der Waals surface area (Å²) in [6.45, 7) is -0.449. The summed E-state index contributed by atoms with van der Waals surface area (Å²) in [6, 6.07) is 13.1. The number of aromatic nitrogens is 1. The quantitative estimate of drug-likeness (QED) is 0.464. The Morgan fingerprint density at radius 1 is 0.871 bits per heavy atom. The summed E-state index contributed by atoms with van der Waals surface area (Å²) in [7, 11) is 1.30. The monoisotopic (exact) mass is 438 g/mol. The summed E-state index contributed by atoms with van der Waals surface area (Å²) in [5.74, 6) is -0.585. The zero-order valence-corrected chi connectivity index (χ0v) is 16.1. The number of nitrogens with zero attached hydrogens (tertiary/aromatic N) is 2. The molecule has 3 rings (SSSR count). The molecule has 0 fully saturated rings. The van der Waals surface area contributed by atoms with Gasteiger partial charge in [0.2, 0.25) is 0 Å². The lowest BCUT2D eigenvalue weighted by atomic mass is 10.0. The maximum absolute atomic E-state index is 13.1. The Labute approximate surface area is 174 Å². The number of pyridine rings is 1. The van der Waals surface area contributed by atoms with Gasteiger partial charge in [-0.2, -0.15) is 26.3 Å². The normalized spacial score (nSPS) is 12.0. The number of hydrogen-bond acceptors (Lipinski definition) is 2. The van der Waals surface area contributed by atoms with Gasteiger partial charge in [0.15, 0.2) is 0 Å². The van der Waals surface area contributed by atoms with Crippen molar-refractivity contribution in [2.45, 2.75) is 18.9 Å². The lowest BCUT2D eigenvalue weighted by Gasteiger charge is -2.21. The van der Waals surface area contributed by atoms with E-state index < -0.39 is 35.9 Å². The van der Waals surface area contributed by atoms with E-state index >= 15 is 0 Å². The highest BCUT2D eigenvalue weighted by atomic mass is 19.4. The zero-order chi connectivity index (χ0) is 22.8. The smallest absolute Gasteiger partial charge is 0.337 e. The van der Waals surface area contributed by atoms with Gasteiger partial charge >= 0.3 is 12.4 Å². The van der Waals surface area contributed by atoms with Crippen LogP contribution in [0.1, 0.15) is 27.0 Å². The third kappa shape index (κ3) is 5.22. The molecule has 162 valence electrons. The molecule has 0 aliphatic carbocycles. The molecule has 0 bridgehead atoms. The molecule has 9 heteroatoms. The average molecular weight is 438 g/mol. The van der Waals surface area contributed by atoms with Crippen molar-refractivity contribution in [2.75, 3.05) is 7.05 Å². The SMILES string of the molecule is CN(Cc1cc(C(F)(F)F)cc(C(F)(F)F)c1)C(=O)c1cccnc1-c1ccccc1. The molecule has 3 aromatic rings. The summed E-state index contributed by atoms with van der Waals surface area (Å²) in [5.41, 5.74) is -1.95. The molecule has 0 aliphatic rings. The Morgan fingerprint density at radius 3 is 2.00 bits per heavy atom. The van der Waals surface area contributed by atoms with Gasteiger partial charge < -0.3 is 4.90 Å². The van der Waals surface area contributed by atoms with Gasteiger partial charge in [-0.1, -0.05) is 30.3 Å². The van der Waals surface area contributed by atoms with Gasteiger partial charge in [-0.15, -0.1) is 0 Å². The van der Waals surface area contributed by atoms with Crippen LogP contribution in [0.15, 0.2) is 66.9 Å². The summed E-state index contributed by atoms with van der Waals surface area (Å²) in [6.07, 6.45) is -8.42. The second kappa shape index (κ2) is 8.41. The molecule has 0 aliphatic heterocycles. The van der Waals surface area contributed by atoms with E-state index in [0.29, 0.717) is 23.4 Å². The first-order valence-corrected chi connectivity index (χ1v) is 9.01. The van der Waals surface area contributed by atoms with Crippen LogP contribution in [0.2, 0.25) is 0 Å². The molecular weight excluding hydrogens is 422 g/mol. The molecule has 1 aromatic heterocycles. The van der Waals surface area contributed by atoms with Crippen molar-refractivity contribution in [1.29, 1.82) is 0 Å². The number of halogens is 6.